The van der Waals surface area contributed by atoms with E-state index in [0.717, 1.165) is 41.3 Å². The van der Waals surface area contributed by atoms with Crippen molar-refractivity contribution in [1.82, 2.24) is 14.6 Å². The third-order valence-electron chi connectivity index (χ3n) is 11.3. The number of pyridine rings is 1. The van der Waals surface area contributed by atoms with E-state index in [1.165, 1.54) is 4.90 Å². The number of benzene rings is 1. The molecule has 0 radical (unpaired) electrons. The van der Waals surface area contributed by atoms with Crippen molar-refractivity contribution in [1.29, 1.82) is 0 Å². The van der Waals surface area contributed by atoms with Gasteiger partial charge < -0.3 is 19.1 Å². The Hall–Kier alpha value is -3.74. The number of hydrogen-bond donors (Lipinski definition) is 1. The lowest BCUT2D eigenvalue weighted by Crippen LogP contribution is -2.48. The van der Waals surface area contributed by atoms with Gasteiger partial charge in [0.05, 0.1) is 49.3 Å². The first-order valence-corrected chi connectivity index (χ1v) is 19.9. The standard InChI is InChI=1S/C38H51N3O9S/c1-6-25-20-38(25,36(45)40-51(46,47)27-11-12-27)21-31(42)30-18-26-22-41(30)35(44)29(37(2,3)4)19-33(43)49-15-9-7-8-10-24-16-28-23(17-32(24)48-5)13-14-39-34(28)50-26/h13-14,16-17,25-27,29-30H,6-12,15,18-22H2,1-5H3,(H,40,45)/t25-,26+,29+,30-,38+/m0/s1. The van der Waals surface area contributed by atoms with Gasteiger partial charge in [0.25, 0.3) is 0 Å². The van der Waals surface area contributed by atoms with Gasteiger partial charge in [0.1, 0.15) is 11.9 Å². The van der Waals surface area contributed by atoms with Crippen molar-refractivity contribution < 1.29 is 41.8 Å². The summed E-state index contributed by atoms with van der Waals surface area (Å²) in [5.41, 5.74) is -0.807. The van der Waals surface area contributed by atoms with E-state index in [2.05, 4.69) is 9.71 Å². The van der Waals surface area contributed by atoms with Gasteiger partial charge in [0, 0.05) is 24.4 Å². The van der Waals surface area contributed by atoms with Gasteiger partial charge in [-0.05, 0) is 85.4 Å². The van der Waals surface area contributed by atoms with Crippen LogP contribution in [0.5, 0.6) is 11.6 Å². The number of cyclic esters (lactones) is 1. The van der Waals surface area contributed by atoms with Crippen molar-refractivity contribution >= 4 is 44.4 Å². The highest BCUT2D eigenvalue weighted by Crippen LogP contribution is 2.58. The lowest BCUT2D eigenvalue weighted by Gasteiger charge is -2.34. The largest absolute Gasteiger partial charge is 0.496 e. The molecule has 5 atom stereocenters. The number of ether oxygens (including phenoxy) is 3. The average Bonchev–Trinajstić information content (AvgIpc) is 4.00. The molecule has 2 aliphatic heterocycles. The van der Waals surface area contributed by atoms with Crippen LogP contribution in [-0.2, 0) is 40.4 Å². The van der Waals surface area contributed by atoms with Gasteiger partial charge in [0.15, 0.2) is 5.78 Å². The van der Waals surface area contributed by atoms with E-state index in [4.69, 9.17) is 14.2 Å². The van der Waals surface area contributed by atoms with Gasteiger partial charge in [-0.1, -0.05) is 34.1 Å². The van der Waals surface area contributed by atoms with Gasteiger partial charge in [-0.2, -0.15) is 0 Å². The molecule has 12 nitrogen and oxygen atoms in total. The summed E-state index contributed by atoms with van der Waals surface area (Å²) >= 11 is 0. The topological polar surface area (TPSA) is 158 Å². The number of Topliss-reactive ketones (excluding diaryl/α,β-unsaturated/α-hetero) is 1. The zero-order valence-electron chi connectivity index (χ0n) is 30.4. The molecule has 13 heteroatoms. The molecule has 3 fully saturated rings. The number of nitrogens with zero attached hydrogens (tertiary/aromatic N) is 2. The van der Waals surface area contributed by atoms with E-state index in [9.17, 15) is 27.6 Å². The molecule has 4 aliphatic rings. The number of aromatic nitrogens is 1. The summed E-state index contributed by atoms with van der Waals surface area (Å²) < 4.78 is 45.6. The molecular formula is C38H51N3O9S. The Morgan fingerprint density at radius 1 is 1.14 bits per heavy atom. The molecule has 278 valence electrons. The number of nitrogens with one attached hydrogen (secondary N) is 1. The lowest BCUT2D eigenvalue weighted by atomic mass is 9.77. The SMILES string of the molecule is CC[C@H]1C[C@]1(CC(=O)[C@@H]1C[C@@H]2CN1C(=O)[C@H](C(C)(C)C)CC(=O)OCCCCCc1cc3c(nccc3cc1OC)O2)C(=O)NS(=O)(=O)C1CC1. The second-order valence-corrected chi connectivity index (χ2v) is 17.9. The molecule has 3 heterocycles. The van der Waals surface area contributed by atoms with Gasteiger partial charge >= 0.3 is 5.97 Å². The van der Waals surface area contributed by atoms with Crippen LogP contribution in [0.2, 0.25) is 0 Å². The molecule has 2 aliphatic carbocycles. The molecule has 4 bridgehead atoms. The summed E-state index contributed by atoms with van der Waals surface area (Å²) in [6, 6.07) is 4.91. The Balaban J connectivity index is 1.34. The third kappa shape index (κ3) is 7.88. The normalized spacial score (nSPS) is 27.7. The van der Waals surface area contributed by atoms with E-state index in [-0.39, 0.29) is 50.0 Å². The number of aryl methyl sites for hydroxylation is 1. The zero-order chi connectivity index (χ0) is 36.7. The van der Waals surface area contributed by atoms with Gasteiger partial charge in [-0.15, -0.1) is 0 Å². The smallest absolute Gasteiger partial charge is 0.306 e. The Labute approximate surface area is 300 Å². The molecule has 2 amide bonds. The van der Waals surface area contributed by atoms with Crippen molar-refractivity contribution in [2.45, 2.75) is 116 Å². The fourth-order valence-electron chi connectivity index (χ4n) is 7.87. The van der Waals surface area contributed by atoms with E-state index in [1.807, 2.05) is 45.9 Å². The summed E-state index contributed by atoms with van der Waals surface area (Å²) in [6.45, 7) is 7.89. The number of sulfonamides is 1. The summed E-state index contributed by atoms with van der Waals surface area (Å²) in [7, 11) is -2.17. The minimum Gasteiger partial charge on any atom is -0.496 e. The highest BCUT2D eigenvalue weighted by Gasteiger charge is 2.62. The molecule has 1 aromatic carbocycles. The first kappa shape index (κ1) is 37.0. The minimum atomic E-state index is -3.81. The molecule has 1 aromatic heterocycles. The zero-order valence-corrected chi connectivity index (χ0v) is 31.2. The monoisotopic (exact) mass is 725 g/mol. The van der Waals surface area contributed by atoms with E-state index in [1.54, 1.807) is 13.3 Å². The quantitative estimate of drug-likeness (QED) is 0.371. The van der Waals surface area contributed by atoms with Gasteiger partial charge in [-0.3, -0.25) is 23.9 Å². The second-order valence-electron chi connectivity index (χ2n) is 15.9. The van der Waals surface area contributed by atoms with Crippen molar-refractivity contribution in [3.63, 3.8) is 0 Å². The van der Waals surface area contributed by atoms with Gasteiger partial charge in [0.2, 0.25) is 27.7 Å². The van der Waals surface area contributed by atoms with E-state index in [0.29, 0.717) is 38.0 Å². The summed E-state index contributed by atoms with van der Waals surface area (Å²) in [5, 5.41) is 1.09. The number of fused-ring (bicyclic) bond motifs is 3. The fraction of sp³-hybridized carbons (Fsp3) is 0.658. The second kappa shape index (κ2) is 14.4. The number of methoxy groups -OCH3 is 1. The van der Waals surface area contributed by atoms with E-state index >= 15 is 0 Å². The number of ketones is 1. The number of carbonyl (C=O) groups excluding carboxylic acids is 4. The first-order chi connectivity index (χ1) is 24.2. The van der Waals surface area contributed by atoms with Crippen molar-refractivity contribution in [2.75, 3.05) is 20.3 Å². The molecule has 6 rings (SSSR count). The maximum atomic E-state index is 14.5. The Morgan fingerprint density at radius 2 is 1.90 bits per heavy atom. The molecule has 51 heavy (non-hydrogen) atoms. The third-order valence-corrected chi connectivity index (χ3v) is 13.1. The fourth-order valence-corrected chi connectivity index (χ4v) is 9.25. The first-order valence-electron chi connectivity index (χ1n) is 18.3. The molecular weight excluding hydrogens is 674 g/mol. The van der Waals surface area contributed by atoms with Crippen LogP contribution in [0, 0.1) is 22.7 Å². The number of rotatable bonds is 8. The molecule has 1 saturated heterocycles. The molecule has 0 unspecified atom stereocenters. The average molecular weight is 726 g/mol. The molecule has 0 spiro atoms. The predicted molar refractivity (Wildman–Crippen MR) is 189 cm³/mol. The summed E-state index contributed by atoms with van der Waals surface area (Å²) in [6.07, 6.45) is 5.97. The van der Waals surface area contributed by atoms with Crippen LogP contribution in [0.4, 0.5) is 0 Å². The number of carbonyl (C=O) groups is 4. The molecule has 2 saturated carbocycles. The van der Waals surface area contributed by atoms with Crippen LogP contribution >= 0.6 is 0 Å². The van der Waals surface area contributed by atoms with Gasteiger partial charge in [-0.25, -0.2) is 13.4 Å². The Kier molecular flexibility index (Phi) is 10.4. The lowest BCUT2D eigenvalue weighted by molar-refractivity contribution is -0.153. The Bertz CT molecular complexity index is 1800. The minimum absolute atomic E-state index is 0.0738. The predicted octanol–water partition coefficient (Wildman–Crippen LogP) is 4.90. The summed E-state index contributed by atoms with van der Waals surface area (Å²) in [4.78, 5) is 61.7. The number of amides is 2. The number of esters is 1. The molecule has 2 aromatic rings. The Morgan fingerprint density at radius 3 is 2.57 bits per heavy atom. The highest BCUT2D eigenvalue weighted by molar-refractivity contribution is 7.90. The van der Waals surface area contributed by atoms with Crippen LogP contribution in [0.15, 0.2) is 24.4 Å². The molecule has 1 N–H and O–H groups in total. The van der Waals surface area contributed by atoms with E-state index < -0.39 is 56.0 Å². The maximum absolute atomic E-state index is 14.5. The summed E-state index contributed by atoms with van der Waals surface area (Å²) in [5.74, 6) is -1.60. The van der Waals surface area contributed by atoms with Crippen LogP contribution < -0.4 is 14.2 Å². The van der Waals surface area contributed by atoms with Crippen molar-refractivity contribution in [3.8, 4) is 11.6 Å². The maximum Gasteiger partial charge on any atom is 0.306 e. The van der Waals surface area contributed by atoms with Crippen LogP contribution in [0.1, 0.15) is 97.5 Å². The van der Waals surface area contributed by atoms with Crippen molar-refractivity contribution in [3.05, 3.63) is 30.0 Å². The van der Waals surface area contributed by atoms with Crippen LogP contribution in [-0.4, -0.2) is 79.5 Å². The highest BCUT2D eigenvalue weighted by atomic mass is 32.2. The van der Waals surface area contributed by atoms with Crippen molar-refractivity contribution in [2.24, 2.45) is 22.7 Å². The van der Waals surface area contributed by atoms with Crippen LogP contribution in [0.3, 0.4) is 0 Å². The van der Waals surface area contributed by atoms with Crippen LogP contribution in [0.25, 0.3) is 10.8 Å². The number of hydrogen-bond acceptors (Lipinski definition) is 10.